The van der Waals surface area contributed by atoms with E-state index in [1.807, 2.05) is 23.6 Å². The molecule has 1 aromatic heterocycles. The van der Waals surface area contributed by atoms with Gasteiger partial charge >= 0.3 is 5.97 Å². The second-order valence-corrected chi connectivity index (χ2v) is 6.82. The number of carboxylic acids is 1. The quantitative estimate of drug-likeness (QED) is 0.881. The second-order valence-electron chi connectivity index (χ2n) is 5.93. The van der Waals surface area contributed by atoms with E-state index in [4.69, 9.17) is 5.11 Å². The summed E-state index contributed by atoms with van der Waals surface area (Å²) < 4.78 is 0. The van der Waals surface area contributed by atoms with E-state index >= 15 is 0 Å². The average Bonchev–Trinajstić information content (AvgIpc) is 2.98. The van der Waals surface area contributed by atoms with E-state index in [9.17, 15) is 9.90 Å². The van der Waals surface area contributed by atoms with Gasteiger partial charge < -0.3 is 10.2 Å². The molecule has 3 rings (SSSR count). The molecule has 0 aliphatic carbocycles. The topological polar surface area (TPSA) is 73.7 Å². The van der Waals surface area contributed by atoms with Gasteiger partial charge in [-0.3, -0.25) is 9.69 Å². The van der Waals surface area contributed by atoms with Gasteiger partial charge in [-0.05, 0) is 32.0 Å². The Kier molecular flexibility index (Phi) is 4.93. The van der Waals surface area contributed by atoms with Gasteiger partial charge in [-0.25, -0.2) is 4.98 Å². The molecule has 2 N–H and O–H groups in total. The highest BCUT2D eigenvalue weighted by Crippen LogP contribution is 2.31. The second kappa shape index (κ2) is 7.10. The first-order valence-corrected chi connectivity index (χ1v) is 8.65. The molecule has 2 heterocycles. The van der Waals surface area contributed by atoms with Crippen LogP contribution in [-0.4, -0.2) is 39.2 Å². The van der Waals surface area contributed by atoms with Crippen LogP contribution in [0.15, 0.2) is 29.6 Å². The molecule has 0 amide bonds. The number of likely N-dealkylation sites (tertiary alicyclic amines) is 1. The summed E-state index contributed by atoms with van der Waals surface area (Å²) in [5.74, 6) is -0.0598. The minimum absolute atomic E-state index is 0.00261. The number of carbonyl (C=O) groups is 1. The molecule has 1 fully saturated rings. The smallest absolute Gasteiger partial charge is 0.309 e. The van der Waals surface area contributed by atoms with Crippen molar-refractivity contribution in [3.8, 4) is 5.75 Å². The molecule has 1 aliphatic rings. The Labute approximate surface area is 139 Å². The Balaban J connectivity index is 1.55. The summed E-state index contributed by atoms with van der Waals surface area (Å²) in [7, 11) is 0. The molecule has 2 aromatic rings. The number of aromatic nitrogens is 1. The van der Waals surface area contributed by atoms with E-state index < -0.39 is 5.97 Å². The summed E-state index contributed by atoms with van der Waals surface area (Å²) in [6.07, 6.45) is 2.05. The number of phenols is 1. The highest BCUT2D eigenvalue weighted by molar-refractivity contribution is 7.09. The summed E-state index contributed by atoms with van der Waals surface area (Å²) in [6, 6.07) is 7.46. The summed E-state index contributed by atoms with van der Waals surface area (Å²) in [4.78, 5) is 17.6. The SMILES string of the molecule is O=C(O)Cc1csc(C2CCN(Cc3ccccc3O)CC2)n1. The largest absolute Gasteiger partial charge is 0.508 e. The van der Waals surface area contributed by atoms with Crippen LogP contribution in [0.2, 0.25) is 0 Å². The van der Waals surface area contributed by atoms with Crippen LogP contribution in [0.25, 0.3) is 0 Å². The first-order chi connectivity index (χ1) is 11.1. The fourth-order valence-electron chi connectivity index (χ4n) is 2.97. The van der Waals surface area contributed by atoms with Gasteiger partial charge in [0.05, 0.1) is 17.1 Å². The molecule has 1 saturated heterocycles. The molecule has 122 valence electrons. The predicted molar refractivity (Wildman–Crippen MR) is 88.8 cm³/mol. The highest BCUT2D eigenvalue weighted by Gasteiger charge is 2.23. The Hall–Kier alpha value is -1.92. The van der Waals surface area contributed by atoms with Crippen LogP contribution in [0.1, 0.15) is 35.0 Å². The molecule has 1 aromatic carbocycles. The fourth-order valence-corrected chi connectivity index (χ4v) is 3.96. The highest BCUT2D eigenvalue weighted by atomic mass is 32.1. The van der Waals surface area contributed by atoms with Crippen LogP contribution in [0.4, 0.5) is 0 Å². The Morgan fingerprint density at radius 3 is 2.74 bits per heavy atom. The number of piperidine rings is 1. The van der Waals surface area contributed by atoms with Gasteiger partial charge in [0, 0.05) is 23.4 Å². The minimum Gasteiger partial charge on any atom is -0.508 e. The number of carboxylic acid groups (broad SMARTS) is 1. The molecule has 6 heteroatoms. The van der Waals surface area contributed by atoms with Gasteiger partial charge in [0.15, 0.2) is 0 Å². The van der Waals surface area contributed by atoms with Gasteiger partial charge in [0.1, 0.15) is 5.75 Å². The normalized spacial score (nSPS) is 16.5. The van der Waals surface area contributed by atoms with Crippen LogP contribution in [0.3, 0.4) is 0 Å². The van der Waals surface area contributed by atoms with E-state index in [1.54, 1.807) is 17.4 Å². The number of rotatable bonds is 5. The van der Waals surface area contributed by atoms with Crippen molar-refractivity contribution in [2.24, 2.45) is 0 Å². The lowest BCUT2D eigenvalue weighted by Crippen LogP contribution is -2.32. The molecule has 0 atom stereocenters. The van der Waals surface area contributed by atoms with E-state index in [2.05, 4.69) is 9.88 Å². The molecule has 0 spiro atoms. The lowest BCUT2D eigenvalue weighted by molar-refractivity contribution is -0.136. The summed E-state index contributed by atoms with van der Waals surface area (Å²) in [5.41, 5.74) is 1.62. The number of para-hydroxylation sites is 1. The molecule has 0 saturated carbocycles. The van der Waals surface area contributed by atoms with Gasteiger partial charge in [-0.1, -0.05) is 18.2 Å². The van der Waals surface area contributed by atoms with Gasteiger partial charge in [0.25, 0.3) is 0 Å². The number of nitrogens with zero attached hydrogens (tertiary/aromatic N) is 2. The van der Waals surface area contributed by atoms with E-state index in [-0.39, 0.29) is 6.42 Å². The first-order valence-electron chi connectivity index (χ1n) is 7.77. The molecular formula is C17H20N2O3S. The number of aliphatic carboxylic acids is 1. The van der Waals surface area contributed by atoms with Crippen molar-refractivity contribution < 1.29 is 15.0 Å². The summed E-state index contributed by atoms with van der Waals surface area (Å²) in [6.45, 7) is 2.70. The van der Waals surface area contributed by atoms with Crippen LogP contribution < -0.4 is 0 Å². The zero-order valence-corrected chi connectivity index (χ0v) is 13.6. The predicted octanol–water partition coefficient (Wildman–Crippen LogP) is 2.86. The number of phenolic OH excluding ortho intramolecular Hbond substituents is 1. The number of thiazole rings is 1. The van der Waals surface area contributed by atoms with Crippen molar-refractivity contribution in [1.29, 1.82) is 0 Å². The van der Waals surface area contributed by atoms with E-state index in [0.717, 1.165) is 43.0 Å². The van der Waals surface area contributed by atoms with Crippen molar-refractivity contribution in [3.63, 3.8) is 0 Å². The van der Waals surface area contributed by atoms with Crippen LogP contribution >= 0.6 is 11.3 Å². The molecule has 5 nitrogen and oxygen atoms in total. The Bertz CT molecular complexity index is 678. The van der Waals surface area contributed by atoms with E-state index in [0.29, 0.717) is 17.4 Å². The zero-order valence-electron chi connectivity index (χ0n) is 12.8. The van der Waals surface area contributed by atoms with Crippen molar-refractivity contribution in [3.05, 3.63) is 45.9 Å². The monoisotopic (exact) mass is 332 g/mol. The third kappa shape index (κ3) is 4.09. The number of hydrogen-bond donors (Lipinski definition) is 2. The van der Waals surface area contributed by atoms with Crippen LogP contribution in [-0.2, 0) is 17.8 Å². The third-order valence-corrected chi connectivity index (χ3v) is 5.28. The maximum atomic E-state index is 10.7. The summed E-state index contributed by atoms with van der Waals surface area (Å²) in [5, 5.41) is 21.6. The van der Waals surface area contributed by atoms with Gasteiger partial charge in [-0.15, -0.1) is 11.3 Å². The van der Waals surface area contributed by atoms with Crippen LogP contribution in [0, 0.1) is 0 Å². The third-order valence-electron chi connectivity index (χ3n) is 4.22. The number of aromatic hydroxyl groups is 1. The van der Waals surface area contributed by atoms with Crippen LogP contribution in [0.5, 0.6) is 5.75 Å². The number of benzene rings is 1. The molecule has 0 bridgehead atoms. The maximum Gasteiger partial charge on any atom is 0.309 e. The Morgan fingerprint density at radius 2 is 2.04 bits per heavy atom. The van der Waals surface area contributed by atoms with Crippen molar-refractivity contribution in [1.82, 2.24) is 9.88 Å². The lowest BCUT2D eigenvalue weighted by Gasteiger charge is -2.31. The van der Waals surface area contributed by atoms with Crippen molar-refractivity contribution in [2.45, 2.75) is 31.7 Å². The molecule has 0 radical (unpaired) electrons. The average molecular weight is 332 g/mol. The molecule has 0 unspecified atom stereocenters. The fraction of sp³-hybridized carbons (Fsp3) is 0.412. The number of hydrogen-bond acceptors (Lipinski definition) is 5. The Morgan fingerprint density at radius 1 is 1.30 bits per heavy atom. The van der Waals surface area contributed by atoms with E-state index in [1.165, 1.54) is 0 Å². The first kappa shape index (κ1) is 16.0. The lowest BCUT2D eigenvalue weighted by atomic mass is 9.97. The standard InChI is InChI=1S/C17H20N2O3S/c20-15-4-2-1-3-13(15)10-19-7-5-12(6-8-19)17-18-14(11-23-17)9-16(21)22/h1-4,11-12,20H,5-10H2,(H,21,22). The zero-order chi connectivity index (χ0) is 16.2. The minimum atomic E-state index is -0.834. The van der Waals surface area contributed by atoms with Crippen molar-refractivity contribution >= 4 is 17.3 Å². The molecule has 23 heavy (non-hydrogen) atoms. The molecular weight excluding hydrogens is 312 g/mol. The molecule has 1 aliphatic heterocycles. The van der Waals surface area contributed by atoms with Gasteiger partial charge in [0.2, 0.25) is 0 Å². The van der Waals surface area contributed by atoms with Crippen molar-refractivity contribution in [2.75, 3.05) is 13.1 Å². The summed E-state index contributed by atoms with van der Waals surface area (Å²) >= 11 is 1.57. The van der Waals surface area contributed by atoms with Gasteiger partial charge in [-0.2, -0.15) is 0 Å². The maximum absolute atomic E-state index is 10.7.